The highest BCUT2D eigenvalue weighted by molar-refractivity contribution is 8.00. The fraction of sp³-hybridized carbons (Fsp3) is 0.400. The van der Waals surface area contributed by atoms with Crippen LogP contribution >= 0.6 is 11.8 Å². The Balaban J connectivity index is 2.99. The zero-order valence-electron chi connectivity index (χ0n) is 8.73. The van der Waals surface area contributed by atoms with Crippen molar-refractivity contribution in [2.75, 3.05) is 5.73 Å². The lowest BCUT2D eigenvalue weighted by Gasteiger charge is -2.10. The standard InChI is InChI=1S/C10H14N2O2S/c1-3-6(2)15-9-8(11)7(10(13)14)4-5-12-9/h4-6H,3,11H2,1-2H3,(H,13,14). The van der Waals surface area contributed by atoms with Crippen LogP contribution in [0.3, 0.4) is 0 Å². The largest absolute Gasteiger partial charge is 0.478 e. The maximum atomic E-state index is 10.8. The fourth-order valence-corrected chi connectivity index (χ4v) is 1.91. The van der Waals surface area contributed by atoms with Gasteiger partial charge in [-0.05, 0) is 12.5 Å². The van der Waals surface area contributed by atoms with Gasteiger partial charge in [0.1, 0.15) is 5.03 Å². The summed E-state index contributed by atoms with van der Waals surface area (Å²) < 4.78 is 0. The lowest BCUT2D eigenvalue weighted by atomic mass is 10.2. The molecule has 1 atom stereocenters. The van der Waals surface area contributed by atoms with Crippen LogP contribution in [-0.4, -0.2) is 21.3 Å². The van der Waals surface area contributed by atoms with Gasteiger partial charge < -0.3 is 10.8 Å². The summed E-state index contributed by atoms with van der Waals surface area (Å²) in [6.45, 7) is 4.12. The van der Waals surface area contributed by atoms with E-state index in [0.717, 1.165) is 6.42 Å². The molecule has 82 valence electrons. The Morgan fingerprint density at radius 3 is 2.93 bits per heavy atom. The molecule has 0 fully saturated rings. The number of hydrogen-bond acceptors (Lipinski definition) is 4. The average Bonchev–Trinajstić information content (AvgIpc) is 2.20. The van der Waals surface area contributed by atoms with E-state index in [1.165, 1.54) is 24.0 Å². The fourth-order valence-electron chi connectivity index (χ4n) is 1.01. The van der Waals surface area contributed by atoms with Gasteiger partial charge in [-0.1, -0.05) is 13.8 Å². The molecule has 1 unspecified atom stereocenters. The van der Waals surface area contributed by atoms with Crippen molar-refractivity contribution in [2.24, 2.45) is 0 Å². The number of aromatic carboxylic acids is 1. The van der Waals surface area contributed by atoms with Crippen molar-refractivity contribution >= 4 is 23.4 Å². The Bertz CT molecular complexity index is 368. The Kier molecular flexibility index (Phi) is 3.96. The van der Waals surface area contributed by atoms with Crippen molar-refractivity contribution in [3.63, 3.8) is 0 Å². The van der Waals surface area contributed by atoms with Crippen LogP contribution in [0, 0.1) is 0 Å². The highest BCUT2D eigenvalue weighted by Crippen LogP contribution is 2.29. The minimum Gasteiger partial charge on any atom is -0.478 e. The van der Waals surface area contributed by atoms with Gasteiger partial charge in [0.25, 0.3) is 0 Å². The van der Waals surface area contributed by atoms with Gasteiger partial charge in [-0.15, -0.1) is 11.8 Å². The third-order valence-corrected chi connectivity index (χ3v) is 3.36. The number of carboxylic acids is 1. The van der Waals surface area contributed by atoms with Crippen LogP contribution in [0.1, 0.15) is 30.6 Å². The molecule has 1 rings (SSSR count). The quantitative estimate of drug-likeness (QED) is 0.770. The normalized spacial score (nSPS) is 12.4. The van der Waals surface area contributed by atoms with Gasteiger partial charge in [0.15, 0.2) is 0 Å². The van der Waals surface area contributed by atoms with Gasteiger partial charge in [-0.3, -0.25) is 0 Å². The Labute approximate surface area is 92.9 Å². The van der Waals surface area contributed by atoms with Crippen molar-refractivity contribution in [3.05, 3.63) is 17.8 Å². The molecule has 0 aromatic carbocycles. The summed E-state index contributed by atoms with van der Waals surface area (Å²) in [6, 6.07) is 1.42. The topological polar surface area (TPSA) is 76.2 Å². The molecule has 0 aliphatic carbocycles. The van der Waals surface area contributed by atoms with Gasteiger partial charge in [0, 0.05) is 11.4 Å². The molecule has 5 heteroatoms. The summed E-state index contributed by atoms with van der Waals surface area (Å²) in [6.07, 6.45) is 2.47. The van der Waals surface area contributed by atoms with Crippen molar-refractivity contribution < 1.29 is 9.90 Å². The zero-order chi connectivity index (χ0) is 11.4. The van der Waals surface area contributed by atoms with E-state index in [0.29, 0.717) is 10.3 Å². The first-order valence-corrected chi connectivity index (χ1v) is 5.58. The van der Waals surface area contributed by atoms with Gasteiger partial charge in [-0.2, -0.15) is 0 Å². The predicted octanol–water partition coefficient (Wildman–Crippen LogP) is 2.25. The minimum atomic E-state index is -1.01. The number of carbonyl (C=O) groups is 1. The Hall–Kier alpha value is -1.23. The first kappa shape index (κ1) is 11.8. The predicted molar refractivity (Wildman–Crippen MR) is 61.2 cm³/mol. The van der Waals surface area contributed by atoms with E-state index in [9.17, 15) is 4.79 Å². The number of anilines is 1. The van der Waals surface area contributed by atoms with Gasteiger partial charge in [0.2, 0.25) is 0 Å². The maximum absolute atomic E-state index is 10.8. The van der Waals surface area contributed by atoms with Crippen molar-refractivity contribution in [2.45, 2.75) is 30.5 Å². The SMILES string of the molecule is CCC(C)Sc1nccc(C(=O)O)c1N. The number of thioether (sulfide) groups is 1. The first-order valence-electron chi connectivity index (χ1n) is 4.70. The van der Waals surface area contributed by atoms with Crippen molar-refractivity contribution in [1.29, 1.82) is 0 Å². The lowest BCUT2D eigenvalue weighted by molar-refractivity contribution is 0.0697. The molecule has 0 spiro atoms. The van der Waals surface area contributed by atoms with Crippen LogP contribution in [-0.2, 0) is 0 Å². The Morgan fingerprint density at radius 2 is 2.40 bits per heavy atom. The van der Waals surface area contributed by atoms with Crippen LogP contribution in [0.15, 0.2) is 17.3 Å². The monoisotopic (exact) mass is 226 g/mol. The summed E-state index contributed by atoms with van der Waals surface area (Å²) in [5.74, 6) is -1.01. The van der Waals surface area contributed by atoms with Crippen molar-refractivity contribution in [1.82, 2.24) is 4.98 Å². The molecule has 0 bridgehead atoms. The number of nitrogens with two attached hydrogens (primary N) is 1. The molecular formula is C10H14N2O2S. The van der Waals surface area contributed by atoms with Gasteiger partial charge in [0.05, 0.1) is 11.3 Å². The summed E-state index contributed by atoms with van der Waals surface area (Å²) in [4.78, 5) is 14.9. The summed E-state index contributed by atoms with van der Waals surface area (Å²) in [5, 5.41) is 9.84. The molecule has 1 aromatic rings. The molecule has 0 saturated carbocycles. The molecule has 1 heterocycles. The van der Waals surface area contributed by atoms with E-state index >= 15 is 0 Å². The summed E-state index contributed by atoms with van der Waals surface area (Å²) in [7, 11) is 0. The van der Waals surface area contributed by atoms with E-state index < -0.39 is 5.97 Å². The third kappa shape index (κ3) is 2.86. The summed E-state index contributed by atoms with van der Waals surface area (Å²) >= 11 is 1.50. The van der Waals surface area contributed by atoms with Crippen LogP contribution in [0.5, 0.6) is 0 Å². The van der Waals surface area contributed by atoms with Gasteiger partial charge >= 0.3 is 5.97 Å². The van der Waals surface area contributed by atoms with Crippen LogP contribution in [0.2, 0.25) is 0 Å². The molecule has 0 aliphatic rings. The van der Waals surface area contributed by atoms with E-state index in [4.69, 9.17) is 10.8 Å². The van der Waals surface area contributed by atoms with Crippen LogP contribution < -0.4 is 5.73 Å². The lowest BCUT2D eigenvalue weighted by Crippen LogP contribution is -2.06. The minimum absolute atomic E-state index is 0.121. The number of nitrogens with zero attached hydrogens (tertiary/aromatic N) is 1. The van der Waals surface area contributed by atoms with Gasteiger partial charge in [-0.25, -0.2) is 9.78 Å². The third-order valence-electron chi connectivity index (χ3n) is 2.07. The number of pyridine rings is 1. The number of carboxylic acid groups (broad SMARTS) is 1. The van der Waals surface area contributed by atoms with Crippen molar-refractivity contribution in [3.8, 4) is 0 Å². The van der Waals surface area contributed by atoms with Crippen LogP contribution in [0.25, 0.3) is 0 Å². The molecular weight excluding hydrogens is 212 g/mol. The molecule has 4 nitrogen and oxygen atoms in total. The smallest absolute Gasteiger partial charge is 0.337 e. The molecule has 15 heavy (non-hydrogen) atoms. The average molecular weight is 226 g/mol. The second kappa shape index (κ2) is 5.02. The summed E-state index contributed by atoms with van der Waals surface area (Å²) in [5.41, 5.74) is 6.10. The second-order valence-electron chi connectivity index (χ2n) is 3.22. The maximum Gasteiger partial charge on any atom is 0.337 e. The zero-order valence-corrected chi connectivity index (χ0v) is 9.54. The number of nitrogen functional groups attached to an aromatic ring is 1. The van der Waals surface area contributed by atoms with Crippen LogP contribution in [0.4, 0.5) is 5.69 Å². The number of hydrogen-bond donors (Lipinski definition) is 2. The molecule has 0 radical (unpaired) electrons. The first-order chi connectivity index (χ1) is 7.06. The highest BCUT2D eigenvalue weighted by atomic mass is 32.2. The molecule has 1 aromatic heterocycles. The molecule has 0 saturated heterocycles. The van der Waals surface area contributed by atoms with E-state index in [1.54, 1.807) is 0 Å². The molecule has 3 N–H and O–H groups in total. The van der Waals surface area contributed by atoms with E-state index in [-0.39, 0.29) is 11.3 Å². The highest BCUT2D eigenvalue weighted by Gasteiger charge is 2.14. The molecule has 0 amide bonds. The van der Waals surface area contributed by atoms with E-state index in [2.05, 4.69) is 18.8 Å². The number of rotatable bonds is 4. The number of aromatic nitrogens is 1. The van der Waals surface area contributed by atoms with E-state index in [1.807, 2.05) is 0 Å². The second-order valence-corrected chi connectivity index (χ2v) is 4.65. The molecule has 0 aliphatic heterocycles. The Morgan fingerprint density at radius 1 is 1.73 bits per heavy atom.